The van der Waals surface area contributed by atoms with Crippen molar-refractivity contribution in [3.63, 3.8) is 0 Å². The third kappa shape index (κ3) is 6.67. The zero-order valence-corrected chi connectivity index (χ0v) is 19.1. The molecule has 0 saturated carbocycles. The van der Waals surface area contributed by atoms with Crippen molar-refractivity contribution >= 4 is 17.9 Å². The number of carbonyl (C=O) groups excluding carboxylic acids is 3. The van der Waals surface area contributed by atoms with Gasteiger partial charge in [-0.15, -0.1) is 0 Å². The van der Waals surface area contributed by atoms with E-state index in [9.17, 15) is 14.4 Å². The Balaban J connectivity index is 1.42. The molecule has 0 aliphatic heterocycles. The second kappa shape index (κ2) is 11.8. The number of hydrogen-bond donors (Lipinski definition) is 0. The lowest BCUT2D eigenvalue weighted by atomic mass is 9.91. The second-order valence-corrected chi connectivity index (χ2v) is 8.26. The van der Waals surface area contributed by atoms with Gasteiger partial charge in [0.15, 0.2) is 5.92 Å². The molecule has 178 valence electrons. The van der Waals surface area contributed by atoms with Crippen LogP contribution < -0.4 is 0 Å². The minimum absolute atomic E-state index is 0.0466. The van der Waals surface area contributed by atoms with Crippen LogP contribution in [-0.4, -0.2) is 24.0 Å². The topological polar surface area (TPSA) is 78.9 Å². The molecule has 0 N–H and O–H groups in total. The molecule has 2 atom stereocenters. The van der Waals surface area contributed by atoms with Crippen LogP contribution in [0.5, 0.6) is 0 Å². The molecule has 0 heterocycles. The van der Waals surface area contributed by atoms with Crippen molar-refractivity contribution in [1.82, 2.24) is 0 Å². The molecule has 0 bridgehead atoms. The zero-order valence-electron chi connectivity index (χ0n) is 19.1. The first-order chi connectivity index (χ1) is 17.1. The van der Waals surface area contributed by atoms with Crippen LogP contribution >= 0.6 is 0 Å². The van der Waals surface area contributed by atoms with E-state index in [-0.39, 0.29) is 19.6 Å². The summed E-state index contributed by atoms with van der Waals surface area (Å²) in [5.74, 6) is -3.49. The van der Waals surface area contributed by atoms with Crippen LogP contribution in [0.15, 0.2) is 103 Å². The molecule has 3 aromatic rings. The minimum atomic E-state index is -1.17. The van der Waals surface area contributed by atoms with Gasteiger partial charge in [-0.25, -0.2) is 4.79 Å². The van der Waals surface area contributed by atoms with E-state index in [1.54, 1.807) is 36.4 Å². The molecular formula is C29H26O6. The number of ether oxygens (including phenoxy) is 3. The fraction of sp³-hybridized carbons (Fsp3) is 0.207. The van der Waals surface area contributed by atoms with Gasteiger partial charge in [0.2, 0.25) is 0 Å². The fourth-order valence-corrected chi connectivity index (χ4v) is 3.89. The Morgan fingerprint density at radius 1 is 0.686 bits per heavy atom. The summed E-state index contributed by atoms with van der Waals surface area (Å²) in [6.45, 7) is 0.0932. The molecule has 4 rings (SSSR count). The molecule has 0 fully saturated rings. The van der Waals surface area contributed by atoms with Crippen molar-refractivity contribution < 1.29 is 28.6 Å². The molecule has 3 aromatic carbocycles. The summed E-state index contributed by atoms with van der Waals surface area (Å²) in [6.07, 6.45) is 3.15. The predicted octanol–water partition coefficient (Wildman–Crippen LogP) is 4.89. The summed E-state index contributed by atoms with van der Waals surface area (Å²) in [5, 5.41) is 0. The lowest BCUT2D eigenvalue weighted by molar-refractivity contribution is -0.165. The largest absolute Gasteiger partial charge is 0.460 e. The Bertz CT molecular complexity index is 1100. The highest BCUT2D eigenvalue weighted by Gasteiger charge is 2.40. The maximum atomic E-state index is 13.0. The maximum Gasteiger partial charge on any atom is 0.338 e. The van der Waals surface area contributed by atoms with Gasteiger partial charge >= 0.3 is 17.9 Å². The van der Waals surface area contributed by atoms with Crippen LogP contribution in [0.25, 0.3) is 0 Å². The molecule has 0 saturated heterocycles. The van der Waals surface area contributed by atoms with Gasteiger partial charge in [0.05, 0.1) is 5.56 Å². The van der Waals surface area contributed by atoms with Crippen LogP contribution in [0.2, 0.25) is 0 Å². The zero-order chi connectivity index (χ0) is 24.5. The first-order valence-electron chi connectivity index (χ1n) is 11.5. The number of carbonyl (C=O) groups is 3. The predicted molar refractivity (Wildman–Crippen MR) is 129 cm³/mol. The highest BCUT2D eigenvalue weighted by atomic mass is 16.6. The van der Waals surface area contributed by atoms with Gasteiger partial charge in [0.25, 0.3) is 0 Å². The van der Waals surface area contributed by atoms with Gasteiger partial charge in [-0.2, -0.15) is 0 Å². The average Bonchev–Trinajstić information content (AvgIpc) is 3.35. The standard InChI is InChI=1S/C29H26O6/c30-27(23-14-8-3-9-15-23)35-25-17-16-24(18-25)26(28(31)33-19-21-10-4-1-5-11-21)29(32)34-20-22-12-6-2-7-13-22/h1-17,24-26H,18-20H2/t24-,25+/m1/s1. The molecule has 0 unspecified atom stereocenters. The van der Waals surface area contributed by atoms with E-state index < -0.39 is 35.8 Å². The van der Waals surface area contributed by atoms with Crippen molar-refractivity contribution in [3.8, 4) is 0 Å². The van der Waals surface area contributed by atoms with E-state index in [0.717, 1.165) is 11.1 Å². The van der Waals surface area contributed by atoms with Crippen LogP contribution in [0.4, 0.5) is 0 Å². The molecular weight excluding hydrogens is 444 g/mol. The lowest BCUT2D eigenvalue weighted by Crippen LogP contribution is -2.34. The molecule has 0 radical (unpaired) electrons. The summed E-state index contributed by atoms with van der Waals surface area (Å²) in [5.41, 5.74) is 2.06. The Labute approximate surface area is 204 Å². The molecule has 35 heavy (non-hydrogen) atoms. The Morgan fingerprint density at radius 3 is 1.69 bits per heavy atom. The summed E-state index contributed by atoms with van der Waals surface area (Å²) in [7, 11) is 0. The summed E-state index contributed by atoms with van der Waals surface area (Å²) in [4.78, 5) is 38.5. The summed E-state index contributed by atoms with van der Waals surface area (Å²) < 4.78 is 16.5. The monoisotopic (exact) mass is 470 g/mol. The van der Waals surface area contributed by atoms with Gasteiger partial charge in [0.1, 0.15) is 19.3 Å². The van der Waals surface area contributed by atoms with Crippen molar-refractivity contribution in [1.29, 1.82) is 0 Å². The van der Waals surface area contributed by atoms with E-state index in [0.29, 0.717) is 5.56 Å². The summed E-state index contributed by atoms with van der Waals surface area (Å²) >= 11 is 0. The van der Waals surface area contributed by atoms with Gasteiger partial charge in [-0.1, -0.05) is 84.9 Å². The van der Waals surface area contributed by atoms with Gasteiger partial charge < -0.3 is 14.2 Å². The Morgan fingerprint density at radius 2 is 1.17 bits per heavy atom. The number of benzene rings is 3. The van der Waals surface area contributed by atoms with Crippen LogP contribution in [0.1, 0.15) is 27.9 Å². The summed E-state index contributed by atoms with van der Waals surface area (Å²) in [6, 6.07) is 27.1. The maximum absolute atomic E-state index is 13.0. The molecule has 1 aliphatic carbocycles. The number of allylic oxidation sites excluding steroid dienone is 1. The number of hydrogen-bond acceptors (Lipinski definition) is 6. The van der Waals surface area contributed by atoms with E-state index in [1.165, 1.54) is 0 Å². The molecule has 0 amide bonds. The molecule has 0 spiro atoms. The number of rotatable bonds is 9. The molecule has 6 nitrogen and oxygen atoms in total. The van der Waals surface area contributed by atoms with Crippen molar-refractivity contribution in [2.24, 2.45) is 11.8 Å². The highest BCUT2D eigenvalue weighted by molar-refractivity contribution is 5.95. The molecule has 0 aromatic heterocycles. The Hall–Kier alpha value is -4.19. The van der Waals surface area contributed by atoms with Crippen LogP contribution in [0, 0.1) is 11.8 Å². The first kappa shape index (κ1) is 24.0. The van der Waals surface area contributed by atoms with Gasteiger partial charge in [0, 0.05) is 5.92 Å². The van der Waals surface area contributed by atoms with E-state index in [1.807, 2.05) is 66.7 Å². The first-order valence-corrected chi connectivity index (χ1v) is 11.5. The van der Waals surface area contributed by atoms with Gasteiger partial charge in [-0.05, 0) is 35.8 Å². The SMILES string of the molecule is O=C(O[C@H]1C=C[C@@H](C(C(=O)OCc2ccccc2)C(=O)OCc2ccccc2)C1)c1ccccc1. The third-order valence-corrected chi connectivity index (χ3v) is 5.73. The molecule has 1 aliphatic rings. The van der Waals surface area contributed by atoms with E-state index >= 15 is 0 Å². The minimum Gasteiger partial charge on any atom is -0.460 e. The van der Waals surface area contributed by atoms with Crippen molar-refractivity contribution in [2.45, 2.75) is 25.7 Å². The fourth-order valence-electron chi connectivity index (χ4n) is 3.89. The van der Waals surface area contributed by atoms with E-state index in [4.69, 9.17) is 14.2 Å². The number of esters is 3. The molecule has 6 heteroatoms. The third-order valence-electron chi connectivity index (χ3n) is 5.73. The van der Waals surface area contributed by atoms with E-state index in [2.05, 4.69) is 0 Å². The lowest BCUT2D eigenvalue weighted by Gasteiger charge is -2.21. The van der Waals surface area contributed by atoms with Crippen LogP contribution in [0.3, 0.4) is 0 Å². The quantitative estimate of drug-likeness (QED) is 0.192. The van der Waals surface area contributed by atoms with Gasteiger partial charge in [-0.3, -0.25) is 9.59 Å². The Kier molecular flexibility index (Phi) is 8.07. The second-order valence-electron chi connectivity index (χ2n) is 8.26. The van der Waals surface area contributed by atoms with Crippen molar-refractivity contribution in [3.05, 3.63) is 120 Å². The smallest absolute Gasteiger partial charge is 0.338 e. The van der Waals surface area contributed by atoms with Crippen molar-refractivity contribution in [2.75, 3.05) is 0 Å². The highest BCUT2D eigenvalue weighted by Crippen LogP contribution is 2.30. The average molecular weight is 471 g/mol. The van der Waals surface area contributed by atoms with Crippen LogP contribution in [-0.2, 0) is 37.0 Å². The normalized spacial score (nSPS) is 16.6.